The fourth-order valence-electron chi connectivity index (χ4n) is 0.944. The molecule has 14 heavy (non-hydrogen) atoms. The summed E-state index contributed by atoms with van der Waals surface area (Å²) < 4.78 is 5.48. The first-order chi connectivity index (χ1) is 6.72. The Morgan fingerprint density at radius 1 is 1.57 bits per heavy atom. The molecule has 1 rings (SSSR count). The highest BCUT2D eigenvalue weighted by atomic mass is 32.2. The number of rotatable bonds is 5. The van der Waals surface area contributed by atoms with Gasteiger partial charge in [-0.25, -0.2) is 0 Å². The Labute approximate surface area is 91.4 Å². The van der Waals surface area contributed by atoms with Crippen LogP contribution in [0.3, 0.4) is 0 Å². The molecule has 0 bridgehead atoms. The molecular weight excluding hydrogens is 216 g/mol. The zero-order valence-corrected chi connectivity index (χ0v) is 9.74. The molecule has 2 nitrogen and oxygen atoms in total. The molecule has 0 spiro atoms. The van der Waals surface area contributed by atoms with Gasteiger partial charge in [-0.05, 0) is 34.8 Å². The molecule has 0 fully saturated rings. The number of hydrogen-bond acceptors (Lipinski definition) is 3. The van der Waals surface area contributed by atoms with Gasteiger partial charge in [0.05, 0.1) is 6.61 Å². The smallest absolute Gasteiger partial charge is 0.137 e. The zero-order valence-electron chi connectivity index (χ0n) is 8.10. The molecule has 1 aromatic rings. The van der Waals surface area contributed by atoms with E-state index in [2.05, 4.69) is 5.87 Å². The maximum atomic E-state index is 8.68. The molecule has 1 unspecified atom stereocenters. The standard InChI is InChI=1S/C10H14O2S2/c1-14(2)12-9-4-3-5-10(8-9)13-7-6-11/h3-5,8,11H,1,6-7H2,2H3. The van der Waals surface area contributed by atoms with Crippen molar-refractivity contribution in [1.29, 1.82) is 0 Å². The van der Waals surface area contributed by atoms with E-state index < -0.39 is 0 Å². The molecule has 78 valence electrons. The number of thioether (sulfide) groups is 1. The van der Waals surface area contributed by atoms with Crippen molar-refractivity contribution in [3.8, 4) is 5.75 Å². The second-order valence-electron chi connectivity index (χ2n) is 2.70. The zero-order chi connectivity index (χ0) is 10.4. The molecule has 0 heterocycles. The van der Waals surface area contributed by atoms with Crippen molar-refractivity contribution in [2.24, 2.45) is 0 Å². The van der Waals surface area contributed by atoms with Crippen molar-refractivity contribution in [1.82, 2.24) is 0 Å². The third-order valence-corrected chi connectivity index (χ3v) is 2.85. The van der Waals surface area contributed by atoms with E-state index in [9.17, 15) is 0 Å². The van der Waals surface area contributed by atoms with Crippen molar-refractivity contribution < 1.29 is 9.29 Å². The maximum absolute atomic E-state index is 8.68. The minimum absolute atomic E-state index is 0.198. The van der Waals surface area contributed by atoms with Gasteiger partial charge in [0.2, 0.25) is 0 Å². The Balaban J connectivity index is 2.63. The summed E-state index contributed by atoms with van der Waals surface area (Å²) in [5.74, 6) is 5.34. The van der Waals surface area contributed by atoms with Crippen LogP contribution in [0.2, 0.25) is 0 Å². The predicted octanol–water partition coefficient (Wildman–Crippen LogP) is 2.40. The fraction of sp³-hybridized carbons (Fsp3) is 0.300. The predicted molar refractivity (Wildman–Crippen MR) is 65.5 cm³/mol. The van der Waals surface area contributed by atoms with Crippen LogP contribution >= 0.6 is 22.5 Å². The largest absolute Gasteiger partial charge is 0.435 e. The van der Waals surface area contributed by atoms with Crippen LogP contribution in [0.15, 0.2) is 29.2 Å². The lowest BCUT2D eigenvalue weighted by atomic mass is 10.3. The van der Waals surface area contributed by atoms with Crippen LogP contribution in [-0.4, -0.2) is 29.6 Å². The van der Waals surface area contributed by atoms with Crippen molar-refractivity contribution in [2.45, 2.75) is 4.90 Å². The van der Waals surface area contributed by atoms with Gasteiger partial charge < -0.3 is 9.29 Å². The molecule has 0 radical (unpaired) electrons. The summed E-state index contributed by atoms with van der Waals surface area (Å²) in [6, 6.07) is 7.83. The first-order valence-corrected chi connectivity index (χ1v) is 6.91. The highest BCUT2D eigenvalue weighted by molar-refractivity contribution is 8.09. The number of aliphatic hydroxyl groups is 1. The van der Waals surface area contributed by atoms with Gasteiger partial charge in [-0.2, -0.15) is 0 Å². The Morgan fingerprint density at radius 3 is 3.00 bits per heavy atom. The molecule has 1 aromatic carbocycles. The lowest BCUT2D eigenvalue weighted by molar-refractivity contribution is 0.322. The summed E-state index contributed by atoms with van der Waals surface area (Å²) in [6.45, 7) is 0.198. The number of aliphatic hydroxyl groups excluding tert-OH is 1. The van der Waals surface area contributed by atoms with Crippen LogP contribution in [0, 0.1) is 0 Å². The number of hydrogen-bond donors (Lipinski definition) is 1. The highest BCUT2D eigenvalue weighted by Crippen LogP contribution is 2.25. The van der Waals surface area contributed by atoms with Gasteiger partial charge in [0.1, 0.15) is 5.75 Å². The molecule has 1 N–H and O–H groups in total. The van der Waals surface area contributed by atoms with Gasteiger partial charge in [-0.15, -0.1) is 11.8 Å². The van der Waals surface area contributed by atoms with E-state index in [1.54, 1.807) is 11.8 Å². The highest BCUT2D eigenvalue weighted by Gasteiger charge is 1.97. The molecule has 0 saturated heterocycles. The third-order valence-electron chi connectivity index (χ3n) is 1.40. The molecule has 0 amide bonds. The molecule has 1 atom stereocenters. The molecular formula is C10H14O2S2. The van der Waals surface area contributed by atoms with Crippen molar-refractivity contribution >= 4 is 28.4 Å². The number of benzene rings is 1. The Bertz CT molecular complexity index is 313. The molecule has 0 aliphatic heterocycles. The lowest BCUT2D eigenvalue weighted by Crippen LogP contribution is -1.86. The van der Waals surface area contributed by atoms with Crippen LogP contribution in [0.25, 0.3) is 0 Å². The molecule has 0 aliphatic carbocycles. The second-order valence-corrected chi connectivity index (χ2v) is 5.18. The van der Waals surface area contributed by atoms with Gasteiger partial charge >= 0.3 is 0 Å². The van der Waals surface area contributed by atoms with Crippen LogP contribution < -0.4 is 4.18 Å². The van der Waals surface area contributed by atoms with E-state index in [0.717, 1.165) is 10.6 Å². The molecule has 4 heteroatoms. The Kier molecular flexibility index (Phi) is 5.07. The Morgan fingerprint density at radius 2 is 2.36 bits per heavy atom. The molecule has 0 saturated carbocycles. The van der Waals surface area contributed by atoms with Crippen molar-refractivity contribution in [3.05, 3.63) is 24.3 Å². The summed E-state index contributed by atoms with van der Waals surface area (Å²) in [4.78, 5) is 1.11. The van der Waals surface area contributed by atoms with E-state index in [4.69, 9.17) is 9.29 Å². The summed E-state index contributed by atoms with van der Waals surface area (Å²) in [6.07, 6.45) is 1.92. The maximum Gasteiger partial charge on any atom is 0.137 e. The average molecular weight is 230 g/mol. The lowest BCUT2D eigenvalue weighted by Gasteiger charge is -2.06. The topological polar surface area (TPSA) is 29.5 Å². The third kappa shape index (κ3) is 4.17. The van der Waals surface area contributed by atoms with Crippen LogP contribution in [0.4, 0.5) is 0 Å². The van der Waals surface area contributed by atoms with E-state index in [0.29, 0.717) is 5.75 Å². The fourth-order valence-corrected chi connectivity index (χ4v) is 2.08. The van der Waals surface area contributed by atoms with Gasteiger partial charge in [-0.1, -0.05) is 6.07 Å². The SMILES string of the molecule is C=S(C)Oc1cccc(SCCO)c1. The van der Waals surface area contributed by atoms with Crippen LogP contribution in [-0.2, 0) is 0 Å². The van der Waals surface area contributed by atoms with E-state index in [1.165, 1.54) is 0 Å². The average Bonchev–Trinajstić information content (AvgIpc) is 2.14. The van der Waals surface area contributed by atoms with Gasteiger partial charge in [-0.3, -0.25) is 0 Å². The van der Waals surface area contributed by atoms with Gasteiger partial charge in [0.15, 0.2) is 0 Å². The monoisotopic (exact) mass is 230 g/mol. The minimum Gasteiger partial charge on any atom is -0.435 e. The summed E-state index contributed by atoms with van der Waals surface area (Å²) in [5, 5.41) is 8.68. The first kappa shape index (κ1) is 11.6. The van der Waals surface area contributed by atoms with Gasteiger partial charge in [0, 0.05) is 16.9 Å². The first-order valence-electron chi connectivity index (χ1n) is 4.20. The minimum atomic E-state index is -0.289. The summed E-state index contributed by atoms with van der Waals surface area (Å²) >= 11 is 1.61. The normalized spacial score (nSPS) is 12.4. The van der Waals surface area contributed by atoms with Gasteiger partial charge in [0.25, 0.3) is 0 Å². The molecule has 0 aliphatic rings. The summed E-state index contributed by atoms with van der Waals surface area (Å²) in [7, 11) is -0.289. The van der Waals surface area contributed by atoms with Crippen molar-refractivity contribution in [2.75, 3.05) is 18.6 Å². The van der Waals surface area contributed by atoms with Crippen molar-refractivity contribution in [3.63, 3.8) is 0 Å². The second kappa shape index (κ2) is 6.11. The Hall–Kier alpha value is -0.450. The molecule has 0 aromatic heterocycles. The van der Waals surface area contributed by atoms with E-state index in [1.807, 2.05) is 30.5 Å². The summed E-state index contributed by atoms with van der Waals surface area (Å²) in [5.41, 5.74) is 0. The van der Waals surface area contributed by atoms with Crippen LogP contribution in [0.5, 0.6) is 5.75 Å². The van der Waals surface area contributed by atoms with Crippen LogP contribution in [0.1, 0.15) is 0 Å². The quantitative estimate of drug-likeness (QED) is 0.622. The van der Waals surface area contributed by atoms with E-state index in [-0.39, 0.29) is 17.4 Å². The van der Waals surface area contributed by atoms with E-state index >= 15 is 0 Å².